The Morgan fingerprint density at radius 2 is 1.67 bits per heavy atom. The van der Waals surface area contributed by atoms with Gasteiger partial charge in [0.1, 0.15) is 0 Å². The molecule has 0 saturated carbocycles. The van der Waals surface area contributed by atoms with E-state index < -0.39 is 0 Å². The maximum Gasteiger partial charge on any atom is 0.0404 e. The molecular weight excluding hydrogens is 112 g/mol. The van der Waals surface area contributed by atoms with Gasteiger partial charge in [0.25, 0.3) is 0 Å². The average molecular weight is 122 g/mol. The van der Waals surface area contributed by atoms with E-state index >= 15 is 0 Å². The van der Waals surface area contributed by atoms with E-state index in [1.165, 1.54) is 0 Å². The standard InChI is InChI=1S/C7H10N2/c1-5-3-9-4-6(2)7(5)8/h3-4H,1-2H3,(H2,8,9). The Morgan fingerprint density at radius 1 is 1.22 bits per heavy atom. The molecule has 0 unspecified atom stereocenters. The first-order valence-corrected chi connectivity index (χ1v) is 2.88. The second-order valence-corrected chi connectivity index (χ2v) is 2.19. The molecule has 0 atom stereocenters. The van der Waals surface area contributed by atoms with Crippen LogP contribution in [-0.2, 0) is 0 Å². The highest BCUT2D eigenvalue weighted by molar-refractivity contribution is 5.50. The minimum atomic E-state index is 0.852. The molecule has 1 rings (SSSR count). The Bertz CT molecular complexity index is 198. The quantitative estimate of drug-likeness (QED) is 0.563. The zero-order chi connectivity index (χ0) is 6.85. The molecule has 1 aromatic rings. The number of aromatic nitrogens is 1. The molecule has 0 aliphatic rings. The van der Waals surface area contributed by atoms with E-state index in [1.54, 1.807) is 12.4 Å². The van der Waals surface area contributed by atoms with Crippen molar-refractivity contribution in [3.63, 3.8) is 0 Å². The fourth-order valence-electron chi connectivity index (χ4n) is 0.711. The molecule has 0 spiro atoms. The van der Waals surface area contributed by atoms with Crippen LogP contribution in [0.1, 0.15) is 11.1 Å². The van der Waals surface area contributed by atoms with Crippen molar-refractivity contribution in [2.75, 3.05) is 5.73 Å². The van der Waals surface area contributed by atoms with E-state index in [2.05, 4.69) is 4.98 Å². The number of aryl methyl sites for hydroxylation is 2. The molecule has 0 bridgehead atoms. The molecule has 2 N–H and O–H groups in total. The lowest BCUT2D eigenvalue weighted by atomic mass is 10.2. The number of hydrogen-bond donors (Lipinski definition) is 1. The highest BCUT2D eigenvalue weighted by atomic mass is 14.7. The normalized spacial score (nSPS) is 9.56. The molecule has 2 heteroatoms. The first-order valence-electron chi connectivity index (χ1n) is 2.88. The van der Waals surface area contributed by atoms with Crippen LogP contribution >= 0.6 is 0 Å². The van der Waals surface area contributed by atoms with Gasteiger partial charge in [-0.05, 0) is 25.0 Å². The van der Waals surface area contributed by atoms with Gasteiger partial charge >= 0.3 is 0 Å². The number of nitrogen functional groups attached to an aromatic ring is 1. The summed E-state index contributed by atoms with van der Waals surface area (Å²) in [5, 5.41) is 0. The number of nitrogens with two attached hydrogens (primary N) is 1. The third-order valence-corrected chi connectivity index (χ3v) is 1.39. The summed E-state index contributed by atoms with van der Waals surface area (Å²) in [4.78, 5) is 3.96. The van der Waals surface area contributed by atoms with Crippen LogP contribution in [0.3, 0.4) is 0 Å². The van der Waals surface area contributed by atoms with Gasteiger partial charge in [0, 0.05) is 18.1 Å². The summed E-state index contributed by atoms with van der Waals surface area (Å²) in [6.45, 7) is 3.91. The molecule has 0 aliphatic carbocycles. The largest absolute Gasteiger partial charge is 0.398 e. The second-order valence-electron chi connectivity index (χ2n) is 2.19. The number of hydrogen-bond acceptors (Lipinski definition) is 2. The molecule has 0 radical (unpaired) electrons. The Labute approximate surface area is 54.7 Å². The van der Waals surface area contributed by atoms with Crippen LogP contribution in [-0.4, -0.2) is 4.98 Å². The van der Waals surface area contributed by atoms with Crippen molar-refractivity contribution >= 4 is 5.69 Å². The van der Waals surface area contributed by atoms with Crippen molar-refractivity contribution < 1.29 is 0 Å². The summed E-state index contributed by atoms with van der Waals surface area (Å²) < 4.78 is 0. The van der Waals surface area contributed by atoms with Crippen LogP contribution in [0.4, 0.5) is 5.69 Å². The molecule has 0 aliphatic heterocycles. The molecule has 1 aromatic heterocycles. The van der Waals surface area contributed by atoms with Crippen LogP contribution in [0, 0.1) is 13.8 Å². The van der Waals surface area contributed by atoms with Crippen molar-refractivity contribution in [3.8, 4) is 0 Å². The minimum absolute atomic E-state index is 0.852. The minimum Gasteiger partial charge on any atom is -0.398 e. The van der Waals surface area contributed by atoms with Gasteiger partial charge < -0.3 is 5.73 Å². The summed E-state index contributed by atoms with van der Waals surface area (Å²) in [7, 11) is 0. The third-order valence-electron chi connectivity index (χ3n) is 1.39. The van der Waals surface area contributed by atoms with Gasteiger partial charge in [0.15, 0.2) is 0 Å². The lowest BCUT2D eigenvalue weighted by Gasteiger charge is -1.99. The molecule has 0 fully saturated rings. The Kier molecular flexibility index (Phi) is 1.39. The van der Waals surface area contributed by atoms with Crippen LogP contribution in [0.2, 0.25) is 0 Å². The van der Waals surface area contributed by atoms with E-state index in [1.807, 2.05) is 13.8 Å². The number of rotatable bonds is 0. The van der Waals surface area contributed by atoms with E-state index in [0.717, 1.165) is 16.8 Å². The molecule has 9 heavy (non-hydrogen) atoms. The zero-order valence-corrected chi connectivity index (χ0v) is 5.68. The lowest BCUT2D eigenvalue weighted by molar-refractivity contribution is 1.23. The second kappa shape index (κ2) is 2.05. The van der Waals surface area contributed by atoms with Gasteiger partial charge in [0.2, 0.25) is 0 Å². The van der Waals surface area contributed by atoms with Crippen molar-refractivity contribution in [3.05, 3.63) is 23.5 Å². The van der Waals surface area contributed by atoms with Crippen LogP contribution < -0.4 is 5.73 Å². The third kappa shape index (κ3) is 1.02. The highest BCUT2D eigenvalue weighted by Crippen LogP contribution is 2.11. The first kappa shape index (κ1) is 6.08. The van der Waals surface area contributed by atoms with E-state index in [-0.39, 0.29) is 0 Å². The van der Waals surface area contributed by atoms with Crippen LogP contribution in [0.15, 0.2) is 12.4 Å². The lowest BCUT2D eigenvalue weighted by Crippen LogP contribution is -1.93. The number of anilines is 1. The summed E-state index contributed by atoms with van der Waals surface area (Å²) in [6, 6.07) is 0. The molecule has 0 amide bonds. The fraction of sp³-hybridized carbons (Fsp3) is 0.286. The van der Waals surface area contributed by atoms with Crippen LogP contribution in [0.5, 0.6) is 0 Å². The van der Waals surface area contributed by atoms with Gasteiger partial charge in [0.05, 0.1) is 0 Å². The predicted octanol–water partition coefficient (Wildman–Crippen LogP) is 1.28. The number of nitrogens with zero attached hydrogens (tertiary/aromatic N) is 1. The van der Waals surface area contributed by atoms with Crippen molar-refractivity contribution in [1.29, 1.82) is 0 Å². The molecule has 0 saturated heterocycles. The molecule has 1 heterocycles. The molecule has 2 nitrogen and oxygen atoms in total. The maximum atomic E-state index is 5.64. The summed E-state index contributed by atoms with van der Waals surface area (Å²) in [5.41, 5.74) is 8.60. The summed E-state index contributed by atoms with van der Waals surface area (Å²) >= 11 is 0. The highest BCUT2D eigenvalue weighted by Gasteiger charge is 1.93. The van der Waals surface area contributed by atoms with E-state index in [9.17, 15) is 0 Å². The van der Waals surface area contributed by atoms with Gasteiger partial charge in [-0.25, -0.2) is 0 Å². The molecule has 48 valence electrons. The monoisotopic (exact) mass is 122 g/mol. The van der Waals surface area contributed by atoms with Gasteiger partial charge in [-0.1, -0.05) is 0 Å². The summed E-state index contributed by atoms with van der Waals surface area (Å²) in [6.07, 6.45) is 3.53. The number of pyridine rings is 1. The topological polar surface area (TPSA) is 38.9 Å². The predicted molar refractivity (Wildman–Crippen MR) is 38.1 cm³/mol. The van der Waals surface area contributed by atoms with E-state index in [0.29, 0.717) is 0 Å². The zero-order valence-electron chi connectivity index (χ0n) is 5.68. The van der Waals surface area contributed by atoms with Crippen LogP contribution in [0.25, 0.3) is 0 Å². The molecular formula is C7H10N2. The van der Waals surface area contributed by atoms with Crippen molar-refractivity contribution in [1.82, 2.24) is 4.98 Å². The smallest absolute Gasteiger partial charge is 0.0404 e. The Morgan fingerprint density at radius 3 is 2.00 bits per heavy atom. The van der Waals surface area contributed by atoms with E-state index in [4.69, 9.17) is 5.73 Å². The Hall–Kier alpha value is -1.05. The van der Waals surface area contributed by atoms with Gasteiger partial charge in [-0.15, -0.1) is 0 Å². The maximum absolute atomic E-state index is 5.64. The average Bonchev–Trinajstić information content (AvgIpc) is 1.83. The van der Waals surface area contributed by atoms with Gasteiger partial charge in [-0.2, -0.15) is 0 Å². The SMILES string of the molecule is Cc1cncc(C)c1N. The van der Waals surface area contributed by atoms with Crippen molar-refractivity contribution in [2.45, 2.75) is 13.8 Å². The summed E-state index contributed by atoms with van der Waals surface area (Å²) in [5.74, 6) is 0. The van der Waals surface area contributed by atoms with Gasteiger partial charge in [-0.3, -0.25) is 4.98 Å². The molecule has 0 aromatic carbocycles. The van der Waals surface area contributed by atoms with Crippen molar-refractivity contribution in [2.24, 2.45) is 0 Å². The fourth-order valence-corrected chi connectivity index (χ4v) is 0.711. The first-order chi connectivity index (χ1) is 4.22. The Balaban J connectivity index is 3.25.